The summed E-state index contributed by atoms with van der Waals surface area (Å²) in [5, 5.41) is 2.15. The molecule has 0 aliphatic rings. The molecule has 4 aromatic carbocycles. The van der Waals surface area contributed by atoms with E-state index in [0.29, 0.717) is 0 Å². The minimum atomic E-state index is 0.859. The molecule has 0 unspecified atom stereocenters. The molecule has 0 atom stereocenters. The quantitative estimate of drug-likeness (QED) is 0.306. The Kier molecular flexibility index (Phi) is 2.31. The van der Waals surface area contributed by atoms with Gasteiger partial charge in [0.15, 0.2) is 0 Å². The first-order valence-corrected chi connectivity index (χ1v) is 10.6. The highest BCUT2D eigenvalue weighted by Gasteiger charge is 2.24. The number of hydrogen-bond donors (Lipinski definition) is 0. The van der Waals surface area contributed by atoms with Gasteiger partial charge in [0, 0.05) is 5.39 Å². The lowest BCUT2D eigenvalue weighted by atomic mass is 10.1. The molecule has 5 heterocycles. The molecule has 5 aromatic heterocycles. The number of hydrogen-bond acceptors (Lipinski definition) is 3. The van der Waals surface area contributed by atoms with E-state index in [4.69, 9.17) is 14.4 Å². The van der Waals surface area contributed by atoms with Crippen molar-refractivity contribution in [2.24, 2.45) is 0 Å². The van der Waals surface area contributed by atoms with E-state index in [1.165, 1.54) is 0 Å². The van der Waals surface area contributed by atoms with Crippen molar-refractivity contribution in [3.8, 4) is 0 Å². The van der Waals surface area contributed by atoms with Crippen molar-refractivity contribution in [2.45, 2.75) is 0 Å². The van der Waals surface area contributed by atoms with Crippen LogP contribution in [0.1, 0.15) is 0 Å². The Balaban J connectivity index is 1.61. The van der Waals surface area contributed by atoms with Gasteiger partial charge < -0.3 is 4.42 Å². The van der Waals surface area contributed by atoms with E-state index in [2.05, 4.69) is 67.8 Å². The summed E-state index contributed by atoms with van der Waals surface area (Å²) in [6.07, 6.45) is 0. The van der Waals surface area contributed by atoms with Crippen LogP contribution in [-0.4, -0.2) is 23.2 Å². The van der Waals surface area contributed by atoms with E-state index in [1.807, 2.05) is 24.3 Å². The molecule has 148 valence electrons. The van der Waals surface area contributed by atoms with Gasteiger partial charge in [-0.1, -0.05) is 36.4 Å². The minimum absolute atomic E-state index is 0.859. The molecule has 0 saturated heterocycles. The molecule has 9 rings (SSSR count). The first kappa shape index (κ1) is 15.3. The normalized spacial score (nSPS) is 13.0. The van der Waals surface area contributed by atoms with Crippen LogP contribution in [0.4, 0.5) is 0 Å². The summed E-state index contributed by atoms with van der Waals surface area (Å²) < 4.78 is 12.8. The van der Waals surface area contributed by atoms with E-state index in [1.54, 1.807) is 0 Å². The van der Waals surface area contributed by atoms with E-state index in [0.717, 1.165) is 72.1 Å². The fourth-order valence-electron chi connectivity index (χ4n) is 5.53. The van der Waals surface area contributed by atoms with Crippen molar-refractivity contribution >= 4 is 72.1 Å². The van der Waals surface area contributed by atoms with Crippen molar-refractivity contribution < 1.29 is 4.42 Å². The van der Waals surface area contributed by atoms with Gasteiger partial charge in [0.1, 0.15) is 22.2 Å². The maximum atomic E-state index is 6.11. The predicted octanol–water partition coefficient (Wildman–Crippen LogP) is 6.03. The molecule has 0 aliphatic carbocycles. The third kappa shape index (κ3) is 1.50. The number of para-hydroxylation sites is 4. The molecule has 0 amide bonds. The third-order valence-electron chi connectivity index (χ3n) is 6.79. The Morgan fingerprint density at radius 1 is 0.562 bits per heavy atom. The SMILES string of the molecule is c1ccc2c(c1)nc1n2c2cccc3c2n1c1nc2c4c(ccc2n31)oc1ccccc14. The Bertz CT molecular complexity index is 2200. The van der Waals surface area contributed by atoms with Crippen molar-refractivity contribution in [3.63, 3.8) is 0 Å². The van der Waals surface area contributed by atoms with Crippen LogP contribution in [0.5, 0.6) is 0 Å². The topological polar surface area (TPSA) is 52.2 Å². The fraction of sp³-hybridized carbons (Fsp3) is 0. The van der Waals surface area contributed by atoms with Crippen LogP contribution in [0.15, 0.2) is 83.3 Å². The molecule has 32 heavy (non-hydrogen) atoms. The lowest BCUT2D eigenvalue weighted by Gasteiger charge is -1.97. The predicted molar refractivity (Wildman–Crippen MR) is 126 cm³/mol. The monoisotopic (exact) mass is 411 g/mol. The summed E-state index contributed by atoms with van der Waals surface area (Å²) in [6.45, 7) is 0. The first-order valence-electron chi connectivity index (χ1n) is 10.6. The lowest BCUT2D eigenvalue weighted by Crippen LogP contribution is -1.87. The minimum Gasteiger partial charge on any atom is -0.456 e. The van der Waals surface area contributed by atoms with E-state index >= 15 is 0 Å². The number of imidazole rings is 4. The second-order valence-electron chi connectivity index (χ2n) is 8.37. The van der Waals surface area contributed by atoms with Gasteiger partial charge in [-0.25, -0.2) is 14.4 Å². The molecule has 0 saturated carbocycles. The molecular weight excluding hydrogens is 398 g/mol. The molecule has 0 N–H and O–H groups in total. The summed E-state index contributed by atoms with van der Waals surface area (Å²) in [5.41, 5.74) is 9.26. The number of benzene rings is 4. The van der Waals surface area contributed by atoms with Gasteiger partial charge in [0.2, 0.25) is 11.6 Å². The number of fused-ring (bicyclic) bond motifs is 14. The van der Waals surface area contributed by atoms with Gasteiger partial charge in [-0.05, 0) is 42.5 Å². The largest absolute Gasteiger partial charge is 0.456 e. The zero-order valence-corrected chi connectivity index (χ0v) is 16.6. The molecule has 6 heteroatoms. The highest BCUT2D eigenvalue weighted by molar-refractivity contribution is 6.18. The second-order valence-corrected chi connectivity index (χ2v) is 8.37. The molecule has 0 radical (unpaired) electrons. The standard InChI is InChI=1S/C26H13N5O/c1-4-11-20-14(6-1)22-21(32-20)13-12-17-23(22)28-26-30(17)19-10-5-9-18-24(19)31(26)25-27-15-7-2-3-8-16(15)29(18)25/h1-13H. The number of furan rings is 1. The van der Waals surface area contributed by atoms with Gasteiger partial charge >= 0.3 is 0 Å². The van der Waals surface area contributed by atoms with Crippen molar-refractivity contribution in [1.82, 2.24) is 23.2 Å². The number of aromatic nitrogens is 5. The molecular formula is C26H13N5O. The third-order valence-corrected chi connectivity index (χ3v) is 6.79. The van der Waals surface area contributed by atoms with Gasteiger partial charge in [-0.15, -0.1) is 0 Å². The smallest absolute Gasteiger partial charge is 0.223 e. The van der Waals surface area contributed by atoms with E-state index in [-0.39, 0.29) is 0 Å². The molecule has 0 spiro atoms. The Morgan fingerprint density at radius 3 is 2.25 bits per heavy atom. The van der Waals surface area contributed by atoms with Gasteiger partial charge in [0.05, 0.1) is 33.0 Å². The van der Waals surface area contributed by atoms with Crippen molar-refractivity contribution in [2.75, 3.05) is 0 Å². The van der Waals surface area contributed by atoms with Crippen LogP contribution in [0.3, 0.4) is 0 Å². The highest BCUT2D eigenvalue weighted by Crippen LogP contribution is 2.38. The molecule has 0 aliphatic heterocycles. The Labute approximate surface area is 178 Å². The molecule has 0 fully saturated rings. The van der Waals surface area contributed by atoms with Gasteiger partial charge in [-0.3, -0.25) is 8.80 Å². The van der Waals surface area contributed by atoms with Crippen LogP contribution in [0.2, 0.25) is 0 Å². The lowest BCUT2D eigenvalue weighted by molar-refractivity contribution is 0.669. The summed E-state index contributed by atoms with van der Waals surface area (Å²) in [6, 6.07) is 27.0. The van der Waals surface area contributed by atoms with Crippen LogP contribution < -0.4 is 0 Å². The average Bonchev–Trinajstić information content (AvgIpc) is 3.59. The fourth-order valence-corrected chi connectivity index (χ4v) is 5.53. The second kappa shape index (κ2) is 4.84. The molecule has 0 bridgehead atoms. The summed E-state index contributed by atoms with van der Waals surface area (Å²) in [4.78, 5) is 10.2. The van der Waals surface area contributed by atoms with Crippen LogP contribution >= 0.6 is 0 Å². The number of nitrogens with zero attached hydrogens (tertiary/aromatic N) is 5. The van der Waals surface area contributed by atoms with E-state index in [9.17, 15) is 0 Å². The molecule has 6 nitrogen and oxygen atoms in total. The van der Waals surface area contributed by atoms with Crippen LogP contribution in [-0.2, 0) is 0 Å². The van der Waals surface area contributed by atoms with E-state index < -0.39 is 0 Å². The average molecular weight is 411 g/mol. The number of rotatable bonds is 0. The zero-order valence-electron chi connectivity index (χ0n) is 16.6. The Morgan fingerprint density at radius 2 is 1.31 bits per heavy atom. The van der Waals surface area contributed by atoms with Crippen molar-refractivity contribution in [1.29, 1.82) is 0 Å². The van der Waals surface area contributed by atoms with Crippen LogP contribution in [0, 0.1) is 0 Å². The summed E-state index contributed by atoms with van der Waals surface area (Å²) >= 11 is 0. The maximum Gasteiger partial charge on any atom is 0.223 e. The van der Waals surface area contributed by atoms with Crippen LogP contribution in [0.25, 0.3) is 72.1 Å². The summed E-state index contributed by atoms with van der Waals surface area (Å²) in [7, 11) is 0. The summed E-state index contributed by atoms with van der Waals surface area (Å²) in [5.74, 6) is 1.75. The van der Waals surface area contributed by atoms with Gasteiger partial charge in [-0.2, -0.15) is 0 Å². The molecule has 9 aromatic rings. The highest BCUT2D eigenvalue weighted by atomic mass is 16.3. The van der Waals surface area contributed by atoms with Gasteiger partial charge in [0.25, 0.3) is 0 Å². The maximum absolute atomic E-state index is 6.11. The Hall–Kier alpha value is -4.58. The zero-order chi connectivity index (χ0) is 20.6. The van der Waals surface area contributed by atoms with Crippen molar-refractivity contribution in [3.05, 3.63) is 78.9 Å². The first-order chi connectivity index (χ1) is 15.9.